The lowest BCUT2D eigenvalue weighted by Crippen LogP contribution is -2.23. The molecule has 3 heteroatoms. The smallest absolute Gasteiger partial charge is 0.0579 e. The summed E-state index contributed by atoms with van der Waals surface area (Å²) in [5.41, 5.74) is 9.10. The molecule has 0 aliphatic carbocycles. The fourth-order valence-electron chi connectivity index (χ4n) is 2.07. The van der Waals surface area contributed by atoms with Crippen LogP contribution in [0.2, 0.25) is 0 Å². The molecule has 1 heterocycles. The zero-order chi connectivity index (χ0) is 10.8. The summed E-state index contributed by atoms with van der Waals surface area (Å²) in [5.74, 6) is 0. The fourth-order valence-corrected chi connectivity index (χ4v) is 2.07. The molecule has 1 aliphatic heterocycles. The highest BCUT2D eigenvalue weighted by Crippen LogP contribution is 2.22. The molecule has 3 nitrogen and oxygen atoms in total. The SMILES string of the molecule is Cc1ccc(N)c(NC2CCN(C)C2)c1. The molecule has 0 spiro atoms. The molecule has 15 heavy (non-hydrogen) atoms. The van der Waals surface area contributed by atoms with E-state index in [1.165, 1.54) is 18.5 Å². The van der Waals surface area contributed by atoms with E-state index >= 15 is 0 Å². The molecule has 1 aliphatic rings. The first-order valence-corrected chi connectivity index (χ1v) is 5.46. The minimum atomic E-state index is 0.541. The van der Waals surface area contributed by atoms with E-state index < -0.39 is 0 Å². The maximum Gasteiger partial charge on any atom is 0.0579 e. The molecule has 0 radical (unpaired) electrons. The van der Waals surface area contributed by atoms with Gasteiger partial charge in [0.15, 0.2) is 0 Å². The van der Waals surface area contributed by atoms with Crippen LogP contribution >= 0.6 is 0 Å². The van der Waals surface area contributed by atoms with Crippen molar-refractivity contribution in [3.8, 4) is 0 Å². The van der Waals surface area contributed by atoms with Gasteiger partial charge in [-0.3, -0.25) is 0 Å². The van der Waals surface area contributed by atoms with Gasteiger partial charge in [-0.1, -0.05) is 6.07 Å². The molecular weight excluding hydrogens is 186 g/mol. The average Bonchev–Trinajstić information content (AvgIpc) is 2.58. The number of hydrogen-bond acceptors (Lipinski definition) is 3. The number of nitrogens with zero attached hydrogens (tertiary/aromatic N) is 1. The molecule has 1 atom stereocenters. The molecule has 82 valence electrons. The van der Waals surface area contributed by atoms with Crippen LogP contribution in [-0.2, 0) is 0 Å². The molecule has 1 fully saturated rings. The summed E-state index contributed by atoms with van der Waals surface area (Å²) in [6, 6.07) is 6.67. The van der Waals surface area contributed by atoms with Gasteiger partial charge in [-0.2, -0.15) is 0 Å². The lowest BCUT2D eigenvalue weighted by Gasteiger charge is -2.16. The normalized spacial score (nSPS) is 21.9. The monoisotopic (exact) mass is 205 g/mol. The number of rotatable bonds is 2. The van der Waals surface area contributed by atoms with Crippen LogP contribution in [0.15, 0.2) is 18.2 Å². The second kappa shape index (κ2) is 4.11. The van der Waals surface area contributed by atoms with E-state index in [9.17, 15) is 0 Å². The van der Waals surface area contributed by atoms with Crippen LogP contribution in [0.25, 0.3) is 0 Å². The van der Waals surface area contributed by atoms with Gasteiger partial charge in [0, 0.05) is 12.6 Å². The van der Waals surface area contributed by atoms with Crippen LogP contribution in [0.3, 0.4) is 0 Å². The van der Waals surface area contributed by atoms with Crippen LogP contribution < -0.4 is 11.1 Å². The number of aryl methyl sites for hydroxylation is 1. The largest absolute Gasteiger partial charge is 0.397 e. The Bertz CT molecular complexity index is 349. The first-order chi connectivity index (χ1) is 7.15. The van der Waals surface area contributed by atoms with E-state index in [4.69, 9.17) is 5.73 Å². The van der Waals surface area contributed by atoms with Gasteiger partial charge < -0.3 is 16.0 Å². The van der Waals surface area contributed by atoms with E-state index in [-0.39, 0.29) is 0 Å². The maximum atomic E-state index is 5.93. The number of benzene rings is 1. The predicted molar refractivity (Wildman–Crippen MR) is 65.1 cm³/mol. The molecule has 0 saturated carbocycles. The minimum Gasteiger partial charge on any atom is -0.397 e. The Kier molecular flexibility index (Phi) is 2.82. The van der Waals surface area contributed by atoms with Crippen molar-refractivity contribution in [3.05, 3.63) is 23.8 Å². The van der Waals surface area contributed by atoms with E-state index in [2.05, 4.69) is 30.3 Å². The van der Waals surface area contributed by atoms with Gasteiger partial charge in [-0.15, -0.1) is 0 Å². The maximum absolute atomic E-state index is 5.93. The number of likely N-dealkylation sites (N-methyl/N-ethyl adjacent to an activating group) is 1. The van der Waals surface area contributed by atoms with Crippen molar-refractivity contribution in [1.29, 1.82) is 0 Å². The number of likely N-dealkylation sites (tertiary alicyclic amines) is 1. The third-order valence-corrected chi connectivity index (χ3v) is 2.96. The summed E-state index contributed by atoms with van der Waals surface area (Å²) in [6.07, 6.45) is 1.20. The summed E-state index contributed by atoms with van der Waals surface area (Å²) < 4.78 is 0. The molecule has 0 amide bonds. The van der Waals surface area contributed by atoms with Crippen LogP contribution in [0.1, 0.15) is 12.0 Å². The zero-order valence-corrected chi connectivity index (χ0v) is 9.46. The predicted octanol–water partition coefficient (Wildman–Crippen LogP) is 1.69. The first kappa shape index (κ1) is 10.3. The van der Waals surface area contributed by atoms with Crippen LogP contribution in [-0.4, -0.2) is 31.1 Å². The average molecular weight is 205 g/mol. The summed E-state index contributed by atoms with van der Waals surface area (Å²) in [5, 5.41) is 3.51. The molecule has 1 aromatic rings. The quantitative estimate of drug-likeness (QED) is 0.722. The van der Waals surface area contributed by atoms with E-state index in [1.807, 2.05) is 12.1 Å². The molecule has 3 N–H and O–H groups in total. The van der Waals surface area contributed by atoms with Gasteiger partial charge in [-0.25, -0.2) is 0 Å². The van der Waals surface area contributed by atoms with Gasteiger partial charge in [0.1, 0.15) is 0 Å². The van der Waals surface area contributed by atoms with Crippen molar-refractivity contribution in [2.24, 2.45) is 0 Å². The molecule has 1 unspecified atom stereocenters. The summed E-state index contributed by atoms with van der Waals surface area (Å²) in [4.78, 5) is 2.34. The number of hydrogen-bond donors (Lipinski definition) is 2. The standard InChI is InChI=1S/C12H19N3/c1-9-3-4-11(13)12(7-9)14-10-5-6-15(2)8-10/h3-4,7,10,14H,5-6,8,13H2,1-2H3. The third-order valence-electron chi connectivity index (χ3n) is 2.96. The van der Waals surface area contributed by atoms with Crippen LogP contribution in [0.4, 0.5) is 11.4 Å². The van der Waals surface area contributed by atoms with Gasteiger partial charge in [0.25, 0.3) is 0 Å². The molecule has 1 saturated heterocycles. The van der Waals surface area contributed by atoms with Crippen molar-refractivity contribution >= 4 is 11.4 Å². The Morgan fingerprint density at radius 3 is 2.93 bits per heavy atom. The molecule has 2 rings (SSSR count). The van der Waals surface area contributed by atoms with E-state index in [1.54, 1.807) is 0 Å². The number of anilines is 2. The zero-order valence-electron chi connectivity index (χ0n) is 9.46. The molecule has 0 bridgehead atoms. The summed E-state index contributed by atoms with van der Waals surface area (Å²) in [7, 11) is 2.15. The van der Waals surface area contributed by atoms with Crippen molar-refractivity contribution < 1.29 is 0 Å². The third kappa shape index (κ3) is 2.42. The van der Waals surface area contributed by atoms with Gasteiger partial charge in [0.05, 0.1) is 11.4 Å². The van der Waals surface area contributed by atoms with Crippen molar-refractivity contribution in [2.75, 3.05) is 31.2 Å². The van der Waals surface area contributed by atoms with Gasteiger partial charge in [-0.05, 0) is 44.6 Å². The number of nitrogen functional groups attached to an aromatic ring is 1. The molecular formula is C12H19N3. The Morgan fingerprint density at radius 1 is 1.47 bits per heavy atom. The van der Waals surface area contributed by atoms with Crippen molar-refractivity contribution in [3.63, 3.8) is 0 Å². The lowest BCUT2D eigenvalue weighted by molar-refractivity contribution is 0.414. The first-order valence-electron chi connectivity index (χ1n) is 5.46. The molecule has 0 aromatic heterocycles. The number of nitrogens with one attached hydrogen (secondary N) is 1. The Hall–Kier alpha value is -1.22. The highest BCUT2D eigenvalue weighted by Gasteiger charge is 2.19. The van der Waals surface area contributed by atoms with Gasteiger partial charge >= 0.3 is 0 Å². The van der Waals surface area contributed by atoms with E-state index in [0.29, 0.717) is 6.04 Å². The minimum absolute atomic E-state index is 0.541. The topological polar surface area (TPSA) is 41.3 Å². The van der Waals surface area contributed by atoms with Crippen LogP contribution in [0, 0.1) is 6.92 Å². The second-order valence-corrected chi connectivity index (χ2v) is 4.48. The van der Waals surface area contributed by atoms with E-state index in [0.717, 1.165) is 17.9 Å². The fraction of sp³-hybridized carbons (Fsp3) is 0.500. The lowest BCUT2D eigenvalue weighted by atomic mass is 10.1. The molecule has 1 aromatic carbocycles. The second-order valence-electron chi connectivity index (χ2n) is 4.48. The Labute approximate surface area is 91.3 Å². The van der Waals surface area contributed by atoms with Crippen LogP contribution in [0.5, 0.6) is 0 Å². The Balaban J connectivity index is 2.07. The number of nitrogens with two attached hydrogens (primary N) is 1. The Morgan fingerprint density at radius 2 is 2.27 bits per heavy atom. The summed E-state index contributed by atoms with van der Waals surface area (Å²) in [6.45, 7) is 4.36. The van der Waals surface area contributed by atoms with Gasteiger partial charge in [0.2, 0.25) is 0 Å². The summed E-state index contributed by atoms with van der Waals surface area (Å²) >= 11 is 0. The van der Waals surface area contributed by atoms with Crippen molar-refractivity contribution in [1.82, 2.24) is 4.90 Å². The highest BCUT2D eigenvalue weighted by atomic mass is 15.2. The van der Waals surface area contributed by atoms with Crippen molar-refractivity contribution in [2.45, 2.75) is 19.4 Å². The highest BCUT2D eigenvalue weighted by molar-refractivity contribution is 5.67.